The Morgan fingerprint density at radius 3 is 2.54 bits per heavy atom. The zero-order chi connectivity index (χ0) is 21.3. The molecule has 28 heavy (non-hydrogen) atoms. The van der Waals surface area contributed by atoms with Crippen LogP contribution in [0.25, 0.3) is 0 Å². The van der Waals surface area contributed by atoms with E-state index in [2.05, 4.69) is 45.4 Å². The molecule has 1 aromatic heterocycles. The molecule has 0 radical (unpaired) electrons. The number of H-pyrrole nitrogens is 1. The molecular weight excluding hydrogens is 380 g/mol. The van der Waals surface area contributed by atoms with Crippen LogP contribution in [-0.2, 0) is 13.9 Å². The Morgan fingerprint density at radius 1 is 1.39 bits per heavy atom. The van der Waals surface area contributed by atoms with Gasteiger partial charge in [0.15, 0.2) is 14.5 Å². The minimum Gasteiger partial charge on any atom is -0.408 e. The van der Waals surface area contributed by atoms with Gasteiger partial charge in [0.05, 0.1) is 6.10 Å². The lowest BCUT2D eigenvalue weighted by atomic mass is 10.0. The SMILES string of the molecule is C=CC[C@H](O)[C@H]1O[C@@H](n2ccc(=O)[nH]c2=O)[C@@H](OC)C1O[Si](C)(C)C(C)(C)C. The second-order valence-electron chi connectivity index (χ2n) is 8.64. The highest BCUT2D eigenvalue weighted by atomic mass is 28.4. The summed E-state index contributed by atoms with van der Waals surface area (Å²) in [5.41, 5.74) is -1.10. The van der Waals surface area contributed by atoms with E-state index >= 15 is 0 Å². The van der Waals surface area contributed by atoms with E-state index in [0.29, 0.717) is 6.42 Å². The first-order chi connectivity index (χ1) is 12.9. The number of hydrogen-bond acceptors (Lipinski definition) is 6. The van der Waals surface area contributed by atoms with Crippen molar-refractivity contribution in [3.8, 4) is 0 Å². The Bertz CT molecular complexity index is 797. The van der Waals surface area contributed by atoms with Crippen molar-refractivity contribution in [3.63, 3.8) is 0 Å². The van der Waals surface area contributed by atoms with E-state index in [1.54, 1.807) is 6.08 Å². The fourth-order valence-corrected chi connectivity index (χ4v) is 4.34. The monoisotopic (exact) mass is 412 g/mol. The Morgan fingerprint density at radius 2 is 2.04 bits per heavy atom. The fraction of sp³-hybridized carbons (Fsp3) is 0.684. The zero-order valence-electron chi connectivity index (χ0n) is 17.5. The van der Waals surface area contributed by atoms with Gasteiger partial charge in [-0.1, -0.05) is 26.8 Å². The van der Waals surface area contributed by atoms with Gasteiger partial charge in [-0.15, -0.1) is 6.58 Å². The highest BCUT2D eigenvalue weighted by Crippen LogP contribution is 2.42. The van der Waals surface area contributed by atoms with Crippen LogP contribution in [0.1, 0.15) is 33.4 Å². The summed E-state index contributed by atoms with van der Waals surface area (Å²) in [5.74, 6) is 0. The first kappa shape index (κ1) is 22.8. The maximum atomic E-state index is 12.3. The van der Waals surface area contributed by atoms with Crippen molar-refractivity contribution in [2.24, 2.45) is 0 Å². The van der Waals surface area contributed by atoms with Gasteiger partial charge in [-0.05, 0) is 24.6 Å². The summed E-state index contributed by atoms with van der Waals surface area (Å²) in [4.78, 5) is 25.9. The number of aliphatic hydroxyl groups is 1. The van der Waals surface area contributed by atoms with E-state index in [4.69, 9.17) is 13.9 Å². The van der Waals surface area contributed by atoms with Crippen molar-refractivity contribution < 1.29 is 19.0 Å². The Balaban J connectivity index is 2.47. The van der Waals surface area contributed by atoms with Crippen LogP contribution in [0.5, 0.6) is 0 Å². The number of aliphatic hydroxyl groups excluding tert-OH is 1. The van der Waals surface area contributed by atoms with Gasteiger partial charge in [0.1, 0.15) is 18.3 Å². The smallest absolute Gasteiger partial charge is 0.330 e. The summed E-state index contributed by atoms with van der Waals surface area (Å²) in [6.07, 6.45) is -0.344. The zero-order valence-corrected chi connectivity index (χ0v) is 18.5. The van der Waals surface area contributed by atoms with Gasteiger partial charge in [-0.2, -0.15) is 0 Å². The number of aromatic amines is 1. The minimum atomic E-state index is -2.23. The number of aromatic nitrogens is 2. The molecule has 158 valence electrons. The number of ether oxygens (including phenoxy) is 2. The normalized spacial score (nSPS) is 27.0. The van der Waals surface area contributed by atoms with Gasteiger partial charge in [-0.3, -0.25) is 14.3 Å². The molecule has 0 saturated carbocycles. The number of nitrogens with one attached hydrogen (secondary N) is 1. The molecule has 0 spiro atoms. The number of methoxy groups -OCH3 is 1. The molecule has 1 aromatic rings. The van der Waals surface area contributed by atoms with Crippen molar-refractivity contribution in [2.75, 3.05) is 7.11 Å². The second kappa shape index (κ2) is 8.46. The standard InChI is InChI=1S/C19H32N2O6Si/c1-8-9-12(22)14-15(27-28(6,7)19(2,3)4)16(25-5)17(26-14)21-11-10-13(23)20-18(21)24/h8,10-12,14-17,22H,1,9H2,2-7H3,(H,20,23,24)/t12-,14+,15?,16-,17+/m0/s1. The summed E-state index contributed by atoms with van der Waals surface area (Å²) < 4.78 is 19.6. The first-order valence-electron chi connectivity index (χ1n) is 9.39. The van der Waals surface area contributed by atoms with Gasteiger partial charge < -0.3 is 19.0 Å². The summed E-state index contributed by atoms with van der Waals surface area (Å²) in [5, 5.41) is 10.6. The van der Waals surface area contributed by atoms with E-state index in [9.17, 15) is 14.7 Å². The molecule has 1 saturated heterocycles. The highest BCUT2D eigenvalue weighted by molar-refractivity contribution is 6.74. The predicted molar refractivity (Wildman–Crippen MR) is 109 cm³/mol. The molecule has 0 aromatic carbocycles. The van der Waals surface area contributed by atoms with E-state index in [1.807, 2.05) is 0 Å². The van der Waals surface area contributed by atoms with Crippen LogP contribution >= 0.6 is 0 Å². The first-order valence-corrected chi connectivity index (χ1v) is 12.3. The molecule has 5 atom stereocenters. The van der Waals surface area contributed by atoms with Gasteiger partial charge in [0.2, 0.25) is 0 Å². The molecule has 1 aliphatic rings. The van der Waals surface area contributed by atoms with Gasteiger partial charge in [-0.25, -0.2) is 4.79 Å². The van der Waals surface area contributed by atoms with Crippen LogP contribution in [-0.4, -0.2) is 54.5 Å². The Labute approximate surface area is 166 Å². The van der Waals surface area contributed by atoms with Crippen molar-refractivity contribution >= 4 is 8.32 Å². The number of rotatable bonds is 7. The van der Waals surface area contributed by atoms with Crippen LogP contribution in [0.15, 0.2) is 34.5 Å². The third-order valence-electron chi connectivity index (χ3n) is 5.65. The molecule has 1 unspecified atom stereocenters. The molecule has 2 rings (SSSR count). The van der Waals surface area contributed by atoms with Crippen LogP contribution in [0.4, 0.5) is 0 Å². The predicted octanol–water partition coefficient (Wildman–Crippen LogP) is 1.78. The molecule has 2 N–H and O–H groups in total. The van der Waals surface area contributed by atoms with Crippen LogP contribution in [0.3, 0.4) is 0 Å². The average Bonchev–Trinajstić information content (AvgIpc) is 2.91. The number of nitrogens with zero attached hydrogens (tertiary/aromatic N) is 1. The molecule has 2 heterocycles. The van der Waals surface area contributed by atoms with Crippen molar-refractivity contribution in [3.05, 3.63) is 45.8 Å². The summed E-state index contributed by atoms with van der Waals surface area (Å²) in [6, 6.07) is 1.24. The fourth-order valence-electron chi connectivity index (χ4n) is 3.03. The Kier molecular flexibility index (Phi) is 6.88. The van der Waals surface area contributed by atoms with E-state index in [-0.39, 0.29) is 5.04 Å². The van der Waals surface area contributed by atoms with E-state index < -0.39 is 50.2 Å². The number of hydrogen-bond donors (Lipinski definition) is 2. The lowest BCUT2D eigenvalue weighted by Gasteiger charge is -2.41. The van der Waals surface area contributed by atoms with E-state index in [1.165, 1.54) is 23.9 Å². The third-order valence-corrected chi connectivity index (χ3v) is 10.1. The van der Waals surface area contributed by atoms with Gasteiger partial charge in [0, 0.05) is 19.4 Å². The van der Waals surface area contributed by atoms with Gasteiger partial charge >= 0.3 is 5.69 Å². The molecule has 8 nitrogen and oxygen atoms in total. The molecule has 0 aliphatic carbocycles. The lowest BCUT2D eigenvalue weighted by Crippen LogP contribution is -2.51. The van der Waals surface area contributed by atoms with Crippen LogP contribution in [0.2, 0.25) is 18.1 Å². The largest absolute Gasteiger partial charge is 0.408 e. The molecule has 1 fully saturated rings. The maximum absolute atomic E-state index is 12.3. The van der Waals surface area contributed by atoms with Crippen molar-refractivity contribution in [2.45, 2.75) is 76.0 Å². The summed E-state index contributed by atoms with van der Waals surface area (Å²) in [7, 11) is -0.718. The molecule has 0 bridgehead atoms. The quantitative estimate of drug-likeness (QED) is 0.523. The Hall–Kier alpha value is -1.52. The minimum absolute atomic E-state index is 0.0634. The van der Waals surface area contributed by atoms with Gasteiger partial charge in [0.25, 0.3) is 5.56 Å². The second-order valence-corrected chi connectivity index (χ2v) is 13.4. The molecule has 0 amide bonds. The average molecular weight is 413 g/mol. The van der Waals surface area contributed by atoms with E-state index in [0.717, 1.165) is 0 Å². The summed E-state index contributed by atoms with van der Waals surface area (Å²) in [6.45, 7) is 14.3. The molecule has 9 heteroatoms. The molecular formula is C19H32N2O6Si. The highest BCUT2D eigenvalue weighted by Gasteiger charge is 2.53. The van der Waals surface area contributed by atoms with Crippen molar-refractivity contribution in [1.29, 1.82) is 0 Å². The topological polar surface area (TPSA) is 103 Å². The summed E-state index contributed by atoms with van der Waals surface area (Å²) >= 11 is 0. The van der Waals surface area contributed by atoms with Crippen LogP contribution in [0, 0.1) is 0 Å². The molecule has 1 aliphatic heterocycles. The maximum Gasteiger partial charge on any atom is 0.330 e. The lowest BCUT2D eigenvalue weighted by molar-refractivity contribution is -0.0857. The van der Waals surface area contributed by atoms with Crippen LogP contribution < -0.4 is 11.2 Å². The van der Waals surface area contributed by atoms with Crippen molar-refractivity contribution in [1.82, 2.24) is 9.55 Å². The third kappa shape index (κ3) is 4.55.